The molecular weight excluding hydrogens is 154 g/mol. The molecule has 1 amide bonds. The summed E-state index contributed by atoms with van der Waals surface area (Å²) in [5, 5.41) is 2.78. The summed E-state index contributed by atoms with van der Waals surface area (Å²) in [7, 11) is 0. The summed E-state index contributed by atoms with van der Waals surface area (Å²) in [5.41, 5.74) is 0. The van der Waals surface area contributed by atoms with Crippen LogP contribution in [0.15, 0.2) is 12.7 Å². The average molecular weight is 169 g/mol. The second kappa shape index (κ2) is 3.61. The van der Waals surface area contributed by atoms with Crippen LogP contribution < -0.4 is 5.32 Å². The Labute approximate surface area is 72.8 Å². The highest BCUT2D eigenvalue weighted by molar-refractivity contribution is 5.70. The lowest BCUT2D eigenvalue weighted by molar-refractivity contribution is 0.127. The normalized spacial score (nSPS) is 28.4. The van der Waals surface area contributed by atoms with Gasteiger partial charge in [0.25, 0.3) is 0 Å². The minimum Gasteiger partial charge on any atom is -0.444 e. The van der Waals surface area contributed by atoms with Gasteiger partial charge in [-0.3, -0.25) is 0 Å². The summed E-state index contributed by atoms with van der Waals surface area (Å²) in [6.07, 6.45) is 2.16. The molecule has 0 aliphatic carbocycles. The lowest BCUT2D eigenvalue weighted by Gasteiger charge is -2.18. The number of ether oxygens (including phenoxy) is 1. The molecule has 0 bridgehead atoms. The van der Waals surface area contributed by atoms with E-state index in [1.165, 1.54) is 0 Å². The molecule has 1 N–H and O–H groups in total. The third kappa shape index (κ3) is 1.78. The highest BCUT2D eigenvalue weighted by atomic mass is 16.6. The number of hydrogen-bond acceptors (Lipinski definition) is 2. The Morgan fingerprint density at radius 1 is 1.75 bits per heavy atom. The maximum absolute atomic E-state index is 10.9. The van der Waals surface area contributed by atoms with E-state index in [9.17, 15) is 4.79 Å². The van der Waals surface area contributed by atoms with Crippen LogP contribution in [0.25, 0.3) is 0 Å². The van der Waals surface area contributed by atoms with Crippen molar-refractivity contribution in [3.8, 4) is 0 Å². The van der Waals surface area contributed by atoms with Crippen molar-refractivity contribution in [2.24, 2.45) is 5.92 Å². The zero-order valence-electron chi connectivity index (χ0n) is 7.54. The minimum absolute atomic E-state index is 0.0324. The Bertz CT molecular complexity index is 189. The SMILES string of the molecule is C=CC[C@H]1OC(=O)N[C@H]1C(C)C. The first-order valence-corrected chi connectivity index (χ1v) is 4.23. The second-order valence-corrected chi connectivity index (χ2v) is 3.38. The molecule has 12 heavy (non-hydrogen) atoms. The number of cyclic esters (lactones) is 1. The number of carbonyl (C=O) groups excluding carboxylic acids is 1. The molecule has 0 aromatic heterocycles. The molecule has 0 spiro atoms. The molecule has 3 nitrogen and oxygen atoms in total. The number of rotatable bonds is 3. The highest BCUT2D eigenvalue weighted by Crippen LogP contribution is 2.18. The molecule has 1 fully saturated rings. The van der Waals surface area contributed by atoms with E-state index in [-0.39, 0.29) is 18.2 Å². The Morgan fingerprint density at radius 2 is 2.42 bits per heavy atom. The van der Waals surface area contributed by atoms with Gasteiger partial charge in [0.1, 0.15) is 6.10 Å². The third-order valence-corrected chi connectivity index (χ3v) is 2.06. The molecular formula is C9H15NO2. The van der Waals surface area contributed by atoms with Crippen molar-refractivity contribution in [2.45, 2.75) is 32.4 Å². The first kappa shape index (κ1) is 9.10. The van der Waals surface area contributed by atoms with E-state index in [0.29, 0.717) is 5.92 Å². The van der Waals surface area contributed by atoms with E-state index >= 15 is 0 Å². The monoisotopic (exact) mass is 169 g/mol. The van der Waals surface area contributed by atoms with Gasteiger partial charge in [0, 0.05) is 6.42 Å². The molecule has 0 aromatic rings. The number of amides is 1. The van der Waals surface area contributed by atoms with Gasteiger partial charge in [0.2, 0.25) is 0 Å². The van der Waals surface area contributed by atoms with Crippen molar-refractivity contribution in [3.05, 3.63) is 12.7 Å². The van der Waals surface area contributed by atoms with E-state index < -0.39 is 0 Å². The summed E-state index contributed by atoms with van der Waals surface area (Å²) in [6.45, 7) is 7.75. The Morgan fingerprint density at radius 3 is 2.92 bits per heavy atom. The van der Waals surface area contributed by atoms with Gasteiger partial charge >= 0.3 is 6.09 Å². The standard InChI is InChI=1S/C9H15NO2/c1-4-5-7-8(6(2)3)10-9(11)12-7/h4,6-8H,1,5H2,2-3H3,(H,10,11)/t7-,8+/m1/s1. The molecule has 68 valence electrons. The van der Waals surface area contributed by atoms with Crippen molar-refractivity contribution in [1.29, 1.82) is 0 Å². The van der Waals surface area contributed by atoms with Crippen molar-refractivity contribution >= 4 is 6.09 Å². The first-order valence-electron chi connectivity index (χ1n) is 4.23. The van der Waals surface area contributed by atoms with E-state index in [4.69, 9.17) is 4.74 Å². The summed E-state index contributed by atoms with van der Waals surface area (Å²) in [5.74, 6) is 0.404. The van der Waals surface area contributed by atoms with Gasteiger partial charge in [-0.2, -0.15) is 0 Å². The lowest BCUT2D eigenvalue weighted by atomic mass is 9.97. The topological polar surface area (TPSA) is 38.3 Å². The van der Waals surface area contributed by atoms with Crippen LogP contribution in [0.1, 0.15) is 20.3 Å². The predicted octanol–water partition coefficient (Wildman–Crippen LogP) is 1.70. The Balaban J connectivity index is 2.58. The summed E-state index contributed by atoms with van der Waals surface area (Å²) in [4.78, 5) is 10.9. The zero-order chi connectivity index (χ0) is 9.14. The van der Waals surface area contributed by atoms with Gasteiger partial charge in [0.05, 0.1) is 6.04 Å². The molecule has 1 saturated heterocycles. The summed E-state index contributed by atoms with van der Waals surface area (Å²) >= 11 is 0. The van der Waals surface area contributed by atoms with Crippen LogP contribution >= 0.6 is 0 Å². The fraction of sp³-hybridized carbons (Fsp3) is 0.667. The molecule has 2 atom stereocenters. The van der Waals surface area contributed by atoms with Crippen molar-refractivity contribution in [3.63, 3.8) is 0 Å². The zero-order valence-corrected chi connectivity index (χ0v) is 7.54. The van der Waals surface area contributed by atoms with Crippen LogP contribution in [-0.2, 0) is 4.74 Å². The predicted molar refractivity (Wildman–Crippen MR) is 46.8 cm³/mol. The van der Waals surface area contributed by atoms with Gasteiger partial charge in [-0.25, -0.2) is 4.79 Å². The molecule has 0 aromatic carbocycles. The van der Waals surface area contributed by atoms with E-state index in [1.807, 2.05) is 0 Å². The van der Waals surface area contributed by atoms with Crippen LogP contribution in [0.2, 0.25) is 0 Å². The maximum atomic E-state index is 10.9. The van der Waals surface area contributed by atoms with Crippen molar-refractivity contribution < 1.29 is 9.53 Å². The van der Waals surface area contributed by atoms with E-state index in [1.54, 1.807) is 6.08 Å². The number of hydrogen-bond donors (Lipinski definition) is 1. The van der Waals surface area contributed by atoms with Gasteiger partial charge < -0.3 is 10.1 Å². The highest BCUT2D eigenvalue weighted by Gasteiger charge is 2.34. The fourth-order valence-electron chi connectivity index (χ4n) is 1.43. The van der Waals surface area contributed by atoms with E-state index in [0.717, 1.165) is 6.42 Å². The largest absolute Gasteiger partial charge is 0.444 e. The van der Waals surface area contributed by atoms with E-state index in [2.05, 4.69) is 25.7 Å². The summed E-state index contributed by atoms with van der Waals surface area (Å²) < 4.78 is 5.05. The Hall–Kier alpha value is -0.990. The molecule has 0 unspecified atom stereocenters. The number of alkyl carbamates (subject to hydrolysis) is 1. The smallest absolute Gasteiger partial charge is 0.407 e. The molecule has 1 aliphatic rings. The fourth-order valence-corrected chi connectivity index (χ4v) is 1.43. The lowest BCUT2D eigenvalue weighted by Crippen LogP contribution is -2.36. The van der Waals surface area contributed by atoms with Crippen LogP contribution in [0.5, 0.6) is 0 Å². The van der Waals surface area contributed by atoms with Crippen LogP contribution in [0.3, 0.4) is 0 Å². The van der Waals surface area contributed by atoms with Crippen LogP contribution in [-0.4, -0.2) is 18.2 Å². The maximum Gasteiger partial charge on any atom is 0.407 e. The van der Waals surface area contributed by atoms with Gasteiger partial charge in [-0.05, 0) is 5.92 Å². The molecule has 1 heterocycles. The number of nitrogens with one attached hydrogen (secondary N) is 1. The minimum atomic E-state index is -0.305. The van der Waals surface area contributed by atoms with Gasteiger partial charge in [-0.1, -0.05) is 19.9 Å². The van der Waals surface area contributed by atoms with Gasteiger partial charge in [0.15, 0.2) is 0 Å². The molecule has 1 aliphatic heterocycles. The third-order valence-electron chi connectivity index (χ3n) is 2.06. The van der Waals surface area contributed by atoms with Crippen LogP contribution in [0.4, 0.5) is 4.79 Å². The quantitative estimate of drug-likeness (QED) is 0.653. The van der Waals surface area contributed by atoms with Gasteiger partial charge in [-0.15, -0.1) is 6.58 Å². The number of carbonyl (C=O) groups is 1. The molecule has 0 radical (unpaired) electrons. The molecule has 3 heteroatoms. The Kier molecular flexibility index (Phi) is 2.74. The summed E-state index contributed by atoms with van der Waals surface area (Å²) in [6, 6.07) is 0.135. The first-order chi connectivity index (χ1) is 5.65. The average Bonchev–Trinajstić information content (AvgIpc) is 2.32. The molecule has 0 saturated carbocycles. The van der Waals surface area contributed by atoms with Crippen molar-refractivity contribution in [1.82, 2.24) is 5.32 Å². The van der Waals surface area contributed by atoms with Crippen molar-refractivity contribution in [2.75, 3.05) is 0 Å². The van der Waals surface area contributed by atoms with Crippen LogP contribution in [0, 0.1) is 5.92 Å². The molecule has 1 rings (SSSR count). The second-order valence-electron chi connectivity index (χ2n) is 3.38.